The van der Waals surface area contributed by atoms with Crippen LogP contribution in [0.4, 0.5) is 0 Å². The second-order valence-corrected chi connectivity index (χ2v) is 19.9. The molecule has 0 aliphatic heterocycles. The van der Waals surface area contributed by atoms with E-state index in [0.29, 0.717) is 16.2 Å². The van der Waals surface area contributed by atoms with Gasteiger partial charge in [-0.05, 0) is 53.0 Å². The molecule has 0 saturated heterocycles. The van der Waals surface area contributed by atoms with Crippen LogP contribution in [0.2, 0.25) is 0 Å². The Morgan fingerprint density at radius 1 is 0.800 bits per heavy atom. The van der Waals surface area contributed by atoms with E-state index in [1.807, 2.05) is 17.5 Å². The van der Waals surface area contributed by atoms with Crippen molar-refractivity contribution in [2.45, 2.75) is 146 Å². The topological polar surface area (TPSA) is 0 Å². The summed E-state index contributed by atoms with van der Waals surface area (Å²) < 4.78 is 0. The van der Waals surface area contributed by atoms with Gasteiger partial charge in [0.2, 0.25) is 0 Å². The summed E-state index contributed by atoms with van der Waals surface area (Å²) in [5.41, 5.74) is 2.74. The fourth-order valence-electron chi connectivity index (χ4n) is 7.21. The van der Waals surface area contributed by atoms with E-state index in [2.05, 4.69) is 78.8 Å². The SMILES string of the molecule is C[C@H](C1[C-]=CC=C1P(C1CCCCC1)C1CCCCC1)P(C(C)(C)C)C(C)(C)C.[C-]1=CC=CC1.[Fe+2]. The third kappa shape index (κ3) is 8.95. The van der Waals surface area contributed by atoms with Crippen LogP contribution in [0.1, 0.15) is 119 Å². The van der Waals surface area contributed by atoms with Gasteiger partial charge in [0.15, 0.2) is 0 Å². The molecule has 0 bridgehead atoms. The first-order valence-electron chi connectivity index (χ1n) is 14.2. The van der Waals surface area contributed by atoms with Crippen molar-refractivity contribution in [2.75, 3.05) is 0 Å². The van der Waals surface area contributed by atoms with E-state index in [1.54, 1.807) is 0 Å². The number of rotatable bonds is 5. The third-order valence-electron chi connectivity index (χ3n) is 8.00. The van der Waals surface area contributed by atoms with Gasteiger partial charge >= 0.3 is 17.1 Å². The van der Waals surface area contributed by atoms with E-state index in [9.17, 15) is 0 Å². The summed E-state index contributed by atoms with van der Waals surface area (Å²) in [5.74, 6) is 0.592. The Kier molecular flexibility index (Phi) is 13.1. The molecule has 2 saturated carbocycles. The molecule has 35 heavy (non-hydrogen) atoms. The molecular weight excluding hydrogens is 502 g/mol. The van der Waals surface area contributed by atoms with Crippen LogP contribution in [0, 0.1) is 18.1 Å². The Balaban J connectivity index is 0.000000640. The van der Waals surface area contributed by atoms with Crippen molar-refractivity contribution in [3.8, 4) is 0 Å². The van der Waals surface area contributed by atoms with Crippen LogP contribution < -0.4 is 0 Å². The number of hydrogen-bond donors (Lipinski definition) is 0. The van der Waals surface area contributed by atoms with Crippen molar-refractivity contribution in [1.29, 1.82) is 0 Å². The van der Waals surface area contributed by atoms with Gasteiger partial charge in [-0.1, -0.05) is 109 Å². The smallest absolute Gasteiger partial charge is 0.273 e. The maximum Gasteiger partial charge on any atom is 2.00 e. The standard InChI is InChI=1S/C27H47P2.C5H5.Fe/c1-21(29(26(2,3)4)27(5,6)7)24-19-14-20-25(24)28(22-15-10-8-11-16-22)23-17-12-9-13-18-23;1-2-4-5-3-1;/h14,20-24H,8-13,15-18H2,1-7H3;1-3H,4H2;/q2*-1;+2/t21-,24?;;/m1../s1. The first-order valence-corrected chi connectivity index (χ1v) is 17.1. The molecule has 0 spiro atoms. The van der Waals surface area contributed by atoms with Gasteiger partial charge in [-0.15, -0.1) is 11.7 Å². The molecule has 0 aromatic heterocycles. The summed E-state index contributed by atoms with van der Waals surface area (Å²) in [6, 6.07) is 0. The molecule has 0 aromatic rings. The molecule has 0 N–H and O–H groups in total. The van der Waals surface area contributed by atoms with Gasteiger partial charge < -0.3 is 0 Å². The average Bonchev–Trinajstić information content (AvgIpc) is 3.49. The maximum absolute atomic E-state index is 3.90. The first kappa shape index (κ1) is 31.6. The molecule has 198 valence electrons. The van der Waals surface area contributed by atoms with E-state index in [0.717, 1.165) is 23.4 Å². The van der Waals surface area contributed by atoms with Crippen molar-refractivity contribution < 1.29 is 17.1 Å². The molecule has 2 fully saturated rings. The third-order valence-corrected chi connectivity index (χ3v) is 15.6. The van der Waals surface area contributed by atoms with Crippen LogP contribution in [0.15, 0.2) is 35.7 Å². The number of allylic oxidation sites excluding steroid dienone is 8. The molecule has 0 nitrogen and oxygen atoms in total. The summed E-state index contributed by atoms with van der Waals surface area (Å²) in [6.45, 7) is 17.5. The molecule has 1 unspecified atom stereocenters. The Bertz CT molecular complexity index is 695. The van der Waals surface area contributed by atoms with Crippen LogP contribution in [0.3, 0.4) is 0 Å². The minimum Gasteiger partial charge on any atom is -0.273 e. The van der Waals surface area contributed by atoms with Crippen molar-refractivity contribution >= 4 is 15.8 Å². The van der Waals surface area contributed by atoms with E-state index < -0.39 is 0 Å². The van der Waals surface area contributed by atoms with Crippen LogP contribution in [0.5, 0.6) is 0 Å². The number of hydrogen-bond acceptors (Lipinski definition) is 0. The molecular formula is C32H52FeP2. The molecule has 0 aromatic carbocycles. The first-order chi connectivity index (χ1) is 16.1. The summed E-state index contributed by atoms with van der Waals surface area (Å²) in [7, 11) is -0.103. The molecule has 4 rings (SSSR count). The Morgan fingerprint density at radius 2 is 1.31 bits per heavy atom. The predicted octanol–water partition coefficient (Wildman–Crippen LogP) is 10.8. The summed E-state index contributed by atoms with van der Waals surface area (Å²) in [5, 5.41) is 2.65. The minimum absolute atomic E-state index is 0. The van der Waals surface area contributed by atoms with Gasteiger partial charge in [-0.25, -0.2) is 24.3 Å². The normalized spacial score (nSPS) is 24.4. The average molecular weight is 555 g/mol. The largest absolute Gasteiger partial charge is 2.00 e. The van der Waals surface area contributed by atoms with Gasteiger partial charge in [0.1, 0.15) is 0 Å². The van der Waals surface area contributed by atoms with Crippen LogP contribution in [-0.4, -0.2) is 27.3 Å². The minimum atomic E-state index is -0.114. The molecule has 2 atom stereocenters. The van der Waals surface area contributed by atoms with E-state index in [-0.39, 0.29) is 32.9 Å². The zero-order valence-corrected chi connectivity index (χ0v) is 26.6. The molecule has 4 aliphatic carbocycles. The zero-order chi connectivity index (χ0) is 24.8. The van der Waals surface area contributed by atoms with E-state index >= 15 is 0 Å². The van der Waals surface area contributed by atoms with Gasteiger partial charge in [-0.3, -0.25) is 12.2 Å². The Labute approximate surface area is 232 Å². The fraction of sp³-hybridized carbons (Fsp3) is 0.750. The van der Waals surface area contributed by atoms with E-state index in [4.69, 9.17) is 0 Å². The maximum atomic E-state index is 3.90. The monoisotopic (exact) mass is 554 g/mol. The second-order valence-electron chi connectivity index (χ2n) is 12.8. The predicted molar refractivity (Wildman–Crippen MR) is 158 cm³/mol. The molecule has 0 amide bonds. The van der Waals surface area contributed by atoms with Gasteiger partial charge in [-0.2, -0.15) is 6.08 Å². The zero-order valence-electron chi connectivity index (χ0n) is 23.7. The van der Waals surface area contributed by atoms with Crippen LogP contribution in [0.25, 0.3) is 0 Å². The second kappa shape index (κ2) is 14.5. The molecule has 0 radical (unpaired) electrons. The summed E-state index contributed by atoms with van der Waals surface area (Å²) in [4.78, 5) is 0. The fourth-order valence-corrected chi connectivity index (χ4v) is 16.5. The molecule has 3 heteroatoms. The van der Waals surface area contributed by atoms with Crippen LogP contribution in [-0.2, 0) is 17.1 Å². The van der Waals surface area contributed by atoms with Gasteiger partial charge in [0, 0.05) is 0 Å². The molecule has 0 heterocycles. The van der Waals surface area contributed by atoms with Gasteiger partial charge in [0.25, 0.3) is 0 Å². The Morgan fingerprint density at radius 3 is 1.69 bits per heavy atom. The van der Waals surface area contributed by atoms with Crippen molar-refractivity contribution in [1.82, 2.24) is 0 Å². The Hall–Kier alpha value is 0.339. The van der Waals surface area contributed by atoms with Crippen molar-refractivity contribution in [2.24, 2.45) is 5.92 Å². The quantitative estimate of drug-likeness (QED) is 0.180. The van der Waals surface area contributed by atoms with Gasteiger partial charge in [0.05, 0.1) is 0 Å². The van der Waals surface area contributed by atoms with Crippen LogP contribution >= 0.6 is 15.8 Å². The van der Waals surface area contributed by atoms with Crippen molar-refractivity contribution in [3.63, 3.8) is 0 Å². The van der Waals surface area contributed by atoms with Crippen molar-refractivity contribution in [3.05, 3.63) is 47.8 Å². The summed E-state index contributed by atoms with van der Waals surface area (Å²) >= 11 is 0. The molecule has 4 aliphatic rings. The van der Waals surface area contributed by atoms with E-state index in [1.165, 1.54) is 64.2 Å². The summed E-state index contributed by atoms with van der Waals surface area (Å²) in [6.07, 6.45) is 33.7.